The molecule has 0 amide bonds. The van der Waals surface area contributed by atoms with Crippen LogP contribution < -0.4 is 5.73 Å². The molecule has 2 heteroatoms. The van der Waals surface area contributed by atoms with E-state index in [9.17, 15) is 0 Å². The van der Waals surface area contributed by atoms with Crippen molar-refractivity contribution in [3.8, 4) is 0 Å². The fourth-order valence-electron chi connectivity index (χ4n) is 3.04. The van der Waals surface area contributed by atoms with E-state index in [0.717, 1.165) is 12.6 Å². The first-order chi connectivity index (χ1) is 9.08. The maximum atomic E-state index is 6.12. The second-order valence-corrected chi connectivity index (χ2v) is 6.01. The van der Waals surface area contributed by atoms with Gasteiger partial charge in [-0.05, 0) is 68.8 Å². The lowest BCUT2D eigenvalue weighted by Gasteiger charge is -2.32. The Balaban J connectivity index is 2.32. The van der Waals surface area contributed by atoms with E-state index in [-0.39, 0.29) is 0 Å². The van der Waals surface area contributed by atoms with Gasteiger partial charge in [0.2, 0.25) is 0 Å². The van der Waals surface area contributed by atoms with Gasteiger partial charge in [0, 0.05) is 18.6 Å². The first-order valence-electron chi connectivity index (χ1n) is 7.62. The van der Waals surface area contributed by atoms with E-state index in [1.807, 2.05) is 0 Å². The van der Waals surface area contributed by atoms with Gasteiger partial charge >= 0.3 is 0 Å². The highest BCUT2D eigenvalue weighted by molar-refractivity contribution is 5.38. The van der Waals surface area contributed by atoms with Crippen LogP contribution in [0.4, 0.5) is 0 Å². The highest BCUT2D eigenvalue weighted by Gasteiger charge is 2.33. The summed E-state index contributed by atoms with van der Waals surface area (Å²) in [6.45, 7) is 10.8. The number of hydrogen-bond donors (Lipinski definition) is 1. The second-order valence-electron chi connectivity index (χ2n) is 6.01. The SMILES string of the molecule is CCCN(C1CC1)C(CN)c1cc(C)c(C)cc1C. The monoisotopic (exact) mass is 260 g/mol. The Kier molecular flexibility index (Phi) is 4.64. The first-order valence-corrected chi connectivity index (χ1v) is 7.62. The molecule has 0 aromatic heterocycles. The van der Waals surface area contributed by atoms with Crippen LogP contribution >= 0.6 is 0 Å². The molecule has 0 heterocycles. The van der Waals surface area contributed by atoms with Crippen LogP contribution in [-0.4, -0.2) is 24.0 Å². The predicted octanol–water partition coefficient (Wildman–Crippen LogP) is 3.49. The molecular formula is C17H28N2. The normalized spacial score (nSPS) is 16.9. The van der Waals surface area contributed by atoms with Gasteiger partial charge in [-0.2, -0.15) is 0 Å². The van der Waals surface area contributed by atoms with Crippen LogP contribution in [0.15, 0.2) is 12.1 Å². The third kappa shape index (κ3) is 3.18. The van der Waals surface area contributed by atoms with Crippen molar-refractivity contribution in [2.75, 3.05) is 13.1 Å². The fourth-order valence-corrected chi connectivity index (χ4v) is 3.04. The largest absolute Gasteiger partial charge is 0.329 e. The Labute approximate surface area is 118 Å². The molecule has 1 fully saturated rings. The molecule has 1 aromatic carbocycles. The van der Waals surface area contributed by atoms with Gasteiger partial charge in [0.1, 0.15) is 0 Å². The van der Waals surface area contributed by atoms with Gasteiger partial charge in [0.15, 0.2) is 0 Å². The summed E-state index contributed by atoms with van der Waals surface area (Å²) < 4.78 is 0. The zero-order valence-corrected chi connectivity index (χ0v) is 12.9. The Morgan fingerprint density at radius 2 is 1.79 bits per heavy atom. The van der Waals surface area contributed by atoms with Crippen molar-refractivity contribution in [1.29, 1.82) is 0 Å². The summed E-state index contributed by atoms with van der Waals surface area (Å²) in [5.74, 6) is 0. The van der Waals surface area contributed by atoms with E-state index in [4.69, 9.17) is 5.73 Å². The first kappa shape index (κ1) is 14.5. The molecule has 1 aliphatic carbocycles. The smallest absolute Gasteiger partial charge is 0.0476 e. The van der Waals surface area contributed by atoms with Crippen molar-refractivity contribution >= 4 is 0 Å². The van der Waals surface area contributed by atoms with Gasteiger partial charge in [-0.1, -0.05) is 19.1 Å². The molecule has 1 aliphatic rings. The van der Waals surface area contributed by atoms with E-state index < -0.39 is 0 Å². The highest BCUT2D eigenvalue weighted by atomic mass is 15.2. The number of nitrogens with zero attached hydrogens (tertiary/aromatic N) is 1. The molecule has 0 spiro atoms. The molecule has 1 saturated carbocycles. The molecule has 1 unspecified atom stereocenters. The third-order valence-corrected chi connectivity index (χ3v) is 4.36. The minimum absolute atomic E-state index is 0.395. The van der Waals surface area contributed by atoms with Crippen LogP contribution in [0.25, 0.3) is 0 Å². The quantitative estimate of drug-likeness (QED) is 0.848. The summed E-state index contributed by atoms with van der Waals surface area (Å²) >= 11 is 0. The summed E-state index contributed by atoms with van der Waals surface area (Å²) in [5.41, 5.74) is 11.7. The van der Waals surface area contributed by atoms with Crippen LogP contribution in [-0.2, 0) is 0 Å². The lowest BCUT2D eigenvalue weighted by Crippen LogP contribution is -2.36. The van der Waals surface area contributed by atoms with Crippen molar-refractivity contribution in [2.45, 2.75) is 59.0 Å². The number of nitrogens with two attached hydrogens (primary N) is 1. The van der Waals surface area contributed by atoms with Crippen molar-refractivity contribution in [1.82, 2.24) is 4.90 Å². The maximum absolute atomic E-state index is 6.12. The number of rotatable bonds is 6. The van der Waals surface area contributed by atoms with Gasteiger partial charge < -0.3 is 5.73 Å². The van der Waals surface area contributed by atoms with E-state index in [2.05, 4.69) is 44.7 Å². The molecule has 2 rings (SSSR count). The van der Waals surface area contributed by atoms with E-state index >= 15 is 0 Å². The van der Waals surface area contributed by atoms with Crippen LogP contribution in [0.5, 0.6) is 0 Å². The Bertz CT molecular complexity index is 435. The van der Waals surface area contributed by atoms with E-state index in [0.29, 0.717) is 6.04 Å². The lowest BCUT2D eigenvalue weighted by atomic mass is 9.94. The van der Waals surface area contributed by atoms with Gasteiger partial charge in [-0.15, -0.1) is 0 Å². The number of benzene rings is 1. The number of aryl methyl sites for hydroxylation is 3. The van der Waals surface area contributed by atoms with Gasteiger partial charge in [-0.25, -0.2) is 0 Å². The second kappa shape index (κ2) is 6.06. The zero-order valence-electron chi connectivity index (χ0n) is 12.9. The average molecular weight is 260 g/mol. The molecule has 0 radical (unpaired) electrons. The molecule has 0 saturated heterocycles. The molecule has 2 nitrogen and oxygen atoms in total. The summed E-state index contributed by atoms with van der Waals surface area (Å²) in [4.78, 5) is 2.64. The maximum Gasteiger partial charge on any atom is 0.0476 e. The molecule has 106 valence electrons. The molecule has 19 heavy (non-hydrogen) atoms. The molecule has 0 aliphatic heterocycles. The van der Waals surface area contributed by atoms with E-state index in [1.165, 1.54) is 48.1 Å². The summed E-state index contributed by atoms with van der Waals surface area (Å²) in [7, 11) is 0. The van der Waals surface area contributed by atoms with Crippen LogP contribution in [0.3, 0.4) is 0 Å². The summed E-state index contributed by atoms with van der Waals surface area (Å²) in [5, 5.41) is 0. The molecular weight excluding hydrogens is 232 g/mol. The average Bonchev–Trinajstić information content (AvgIpc) is 3.19. The third-order valence-electron chi connectivity index (χ3n) is 4.36. The predicted molar refractivity (Wildman–Crippen MR) is 82.5 cm³/mol. The zero-order chi connectivity index (χ0) is 14.0. The topological polar surface area (TPSA) is 29.3 Å². The van der Waals surface area contributed by atoms with Crippen molar-refractivity contribution in [3.63, 3.8) is 0 Å². The Morgan fingerprint density at radius 3 is 2.32 bits per heavy atom. The molecule has 2 N–H and O–H groups in total. The lowest BCUT2D eigenvalue weighted by molar-refractivity contribution is 0.191. The Morgan fingerprint density at radius 1 is 1.16 bits per heavy atom. The summed E-state index contributed by atoms with van der Waals surface area (Å²) in [6, 6.07) is 5.83. The number of hydrogen-bond acceptors (Lipinski definition) is 2. The van der Waals surface area contributed by atoms with Gasteiger partial charge in [-0.3, -0.25) is 4.90 Å². The van der Waals surface area contributed by atoms with Gasteiger partial charge in [0.25, 0.3) is 0 Å². The molecule has 1 aromatic rings. The molecule has 0 bridgehead atoms. The standard InChI is InChI=1S/C17H28N2/c1-5-8-19(15-6-7-15)17(11-18)16-10-13(3)12(2)9-14(16)4/h9-10,15,17H,5-8,11,18H2,1-4H3. The summed E-state index contributed by atoms with van der Waals surface area (Å²) in [6.07, 6.45) is 3.90. The fraction of sp³-hybridized carbons (Fsp3) is 0.647. The van der Waals surface area contributed by atoms with E-state index in [1.54, 1.807) is 0 Å². The highest BCUT2D eigenvalue weighted by Crippen LogP contribution is 2.35. The van der Waals surface area contributed by atoms with Gasteiger partial charge in [0.05, 0.1) is 0 Å². The van der Waals surface area contributed by atoms with Crippen molar-refractivity contribution < 1.29 is 0 Å². The van der Waals surface area contributed by atoms with Crippen LogP contribution in [0.2, 0.25) is 0 Å². The van der Waals surface area contributed by atoms with Crippen molar-refractivity contribution in [2.24, 2.45) is 5.73 Å². The van der Waals surface area contributed by atoms with Crippen LogP contribution in [0, 0.1) is 20.8 Å². The minimum Gasteiger partial charge on any atom is -0.329 e. The van der Waals surface area contributed by atoms with Crippen LogP contribution in [0.1, 0.15) is 54.5 Å². The minimum atomic E-state index is 0.395. The Hall–Kier alpha value is -0.860. The molecule has 1 atom stereocenters. The van der Waals surface area contributed by atoms with Crippen molar-refractivity contribution in [3.05, 3.63) is 34.4 Å².